The summed E-state index contributed by atoms with van der Waals surface area (Å²) in [5.74, 6) is 0.921. The van der Waals surface area contributed by atoms with Crippen molar-refractivity contribution in [1.29, 1.82) is 0 Å². The Morgan fingerprint density at radius 1 is 1.14 bits per heavy atom. The van der Waals surface area contributed by atoms with Crippen molar-refractivity contribution in [3.05, 3.63) is 35.9 Å². The summed E-state index contributed by atoms with van der Waals surface area (Å²) in [5, 5.41) is 6.83. The van der Waals surface area contributed by atoms with Crippen LogP contribution in [0.5, 0.6) is 0 Å². The summed E-state index contributed by atoms with van der Waals surface area (Å²) in [4.78, 5) is 6.45. The van der Waals surface area contributed by atoms with E-state index in [1.165, 1.54) is 5.56 Å². The van der Waals surface area contributed by atoms with Gasteiger partial charge in [0.25, 0.3) is 0 Å². The van der Waals surface area contributed by atoms with E-state index in [-0.39, 0.29) is 29.5 Å². The van der Waals surface area contributed by atoms with E-state index in [9.17, 15) is 0 Å². The highest BCUT2D eigenvalue weighted by Crippen LogP contribution is 2.02. The fraction of sp³-hybridized carbons (Fsp3) is 0.562. The number of nitrogens with zero attached hydrogens (tertiary/aromatic N) is 2. The highest BCUT2D eigenvalue weighted by molar-refractivity contribution is 14.0. The molecule has 0 radical (unpaired) electrons. The predicted octanol–water partition coefficient (Wildman–Crippen LogP) is 2.70. The highest BCUT2D eigenvalue weighted by atomic mass is 127. The standard InChI is InChI=1S/C16H28N4.HI/c1-16(2,3)19-12-11-18-15(17-4)20(5)13-14-9-7-6-8-10-14;/h6-10,19H,11-13H2,1-5H3,(H,17,18);1H. The number of benzene rings is 1. The Hall–Kier alpha value is -0.820. The first-order valence-electron chi connectivity index (χ1n) is 7.13. The summed E-state index contributed by atoms with van der Waals surface area (Å²) in [6, 6.07) is 10.4. The third-order valence-electron chi connectivity index (χ3n) is 2.90. The summed E-state index contributed by atoms with van der Waals surface area (Å²) < 4.78 is 0. The monoisotopic (exact) mass is 404 g/mol. The Morgan fingerprint density at radius 3 is 2.29 bits per heavy atom. The minimum atomic E-state index is 0. The van der Waals surface area contributed by atoms with Gasteiger partial charge in [-0.1, -0.05) is 30.3 Å². The second-order valence-electron chi connectivity index (χ2n) is 5.99. The van der Waals surface area contributed by atoms with Gasteiger partial charge in [0.05, 0.1) is 0 Å². The van der Waals surface area contributed by atoms with Gasteiger partial charge in [0.15, 0.2) is 5.96 Å². The molecule has 2 N–H and O–H groups in total. The highest BCUT2D eigenvalue weighted by Gasteiger charge is 2.09. The molecule has 1 aromatic carbocycles. The topological polar surface area (TPSA) is 39.7 Å². The molecule has 0 fully saturated rings. The Morgan fingerprint density at radius 2 is 1.76 bits per heavy atom. The van der Waals surface area contributed by atoms with Crippen molar-refractivity contribution in [3.8, 4) is 0 Å². The van der Waals surface area contributed by atoms with Crippen molar-refractivity contribution < 1.29 is 0 Å². The zero-order valence-electron chi connectivity index (χ0n) is 13.8. The summed E-state index contributed by atoms with van der Waals surface area (Å²) >= 11 is 0. The SMILES string of the molecule is CN=C(NCCNC(C)(C)C)N(C)Cc1ccccc1.I. The lowest BCUT2D eigenvalue weighted by molar-refractivity contribution is 0.422. The zero-order chi connectivity index (χ0) is 15.0. The summed E-state index contributed by atoms with van der Waals surface area (Å²) in [6.07, 6.45) is 0. The average Bonchev–Trinajstić information content (AvgIpc) is 2.38. The van der Waals surface area contributed by atoms with E-state index in [0.717, 1.165) is 25.6 Å². The average molecular weight is 404 g/mol. The maximum Gasteiger partial charge on any atom is 0.193 e. The van der Waals surface area contributed by atoms with E-state index >= 15 is 0 Å². The molecular formula is C16H29IN4. The quantitative estimate of drug-likeness (QED) is 0.343. The van der Waals surface area contributed by atoms with E-state index in [1.807, 2.05) is 13.1 Å². The van der Waals surface area contributed by atoms with Crippen LogP contribution in [0.15, 0.2) is 35.3 Å². The lowest BCUT2D eigenvalue weighted by Gasteiger charge is -2.24. The summed E-state index contributed by atoms with van der Waals surface area (Å²) in [6.45, 7) is 9.15. The zero-order valence-corrected chi connectivity index (χ0v) is 16.1. The van der Waals surface area contributed by atoms with Gasteiger partial charge >= 0.3 is 0 Å². The van der Waals surface area contributed by atoms with Crippen molar-refractivity contribution in [2.75, 3.05) is 27.2 Å². The van der Waals surface area contributed by atoms with Crippen molar-refractivity contribution in [2.24, 2.45) is 4.99 Å². The first-order valence-corrected chi connectivity index (χ1v) is 7.13. The fourth-order valence-electron chi connectivity index (χ4n) is 1.93. The molecular weight excluding hydrogens is 375 g/mol. The Kier molecular flexibility index (Phi) is 9.61. The largest absolute Gasteiger partial charge is 0.355 e. The smallest absolute Gasteiger partial charge is 0.193 e. The first kappa shape index (κ1) is 20.2. The van der Waals surface area contributed by atoms with Crippen molar-refractivity contribution >= 4 is 29.9 Å². The van der Waals surface area contributed by atoms with Gasteiger partial charge in [0.2, 0.25) is 0 Å². The molecule has 0 saturated carbocycles. The number of guanidine groups is 1. The molecule has 1 rings (SSSR count). The number of aliphatic imine (C=N–C) groups is 1. The van der Waals surface area contributed by atoms with Gasteiger partial charge in [0.1, 0.15) is 0 Å². The summed E-state index contributed by atoms with van der Waals surface area (Å²) in [5.41, 5.74) is 1.44. The van der Waals surface area contributed by atoms with Gasteiger partial charge in [0, 0.05) is 39.3 Å². The third kappa shape index (κ3) is 8.93. The molecule has 0 spiro atoms. The van der Waals surface area contributed by atoms with E-state index in [4.69, 9.17) is 0 Å². The molecule has 0 aliphatic carbocycles. The van der Waals surface area contributed by atoms with Crippen LogP contribution in [0.25, 0.3) is 0 Å². The lowest BCUT2D eigenvalue weighted by Crippen LogP contribution is -2.44. The number of hydrogen-bond donors (Lipinski definition) is 2. The molecule has 0 aliphatic rings. The molecule has 4 nitrogen and oxygen atoms in total. The van der Waals surface area contributed by atoms with Gasteiger partial charge in [-0.3, -0.25) is 4.99 Å². The second-order valence-corrected chi connectivity index (χ2v) is 5.99. The molecule has 0 heterocycles. The summed E-state index contributed by atoms with van der Waals surface area (Å²) in [7, 11) is 3.88. The number of hydrogen-bond acceptors (Lipinski definition) is 2. The molecule has 0 bridgehead atoms. The Labute approximate surface area is 146 Å². The number of halogens is 1. The van der Waals surface area contributed by atoms with E-state index in [1.54, 1.807) is 0 Å². The molecule has 0 amide bonds. The molecule has 0 atom stereocenters. The van der Waals surface area contributed by atoms with Crippen LogP contribution in [0, 0.1) is 0 Å². The van der Waals surface area contributed by atoms with Crippen molar-refractivity contribution in [1.82, 2.24) is 15.5 Å². The van der Waals surface area contributed by atoms with E-state index in [0.29, 0.717) is 0 Å². The number of rotatable bonds is 5. The molecule has 0 aliphatic heterocycles. The maximum atomic E-state index is 4.32. The molecule has 0 unspecified atom stereocenters. The van der Waals surface area contributed by atoms with Gasteiger partial charge < -0.3 is 15.5 Å². The number of nitrogens with one attached hydrogen (secondary N) is 2. The normalized spacial score (nSPS) is 11.8. The van der Waals surface area contributed by atoms with Crippen LogP contribution in [0.3, 0.4) is 0 Å². The Balaban J connectivity index is 0.00000400. The van der Waals surface area contributed by atoms with Crippen molar-refractivity contribution in [2.45, 2.75) is 32.9 Å². The molecule has 5 heteroatoms. The maximum absolute atomic E-state index is 4.32. The van der Waals surface area contributed by atoms with Crippen LogP contribution in [-0.4, -0.2) is 43.6 Å². The van der Waals surface area contributed by atoms with Crippen LogP contribution >= 0.6 is 24.0 Å². The van der Waals surface area contributed by atoms with Crippen LogP contribution in [0.2, 0.25) is 0 Å². The van der Waals surface area contributed by atoms with Crippen LogP contribution < -0.4 is 10.6 Å². The van der Waals surface area contributed by atoms with Gasteiger partial charge in [-0.2, -0.15) is 0 Å². The van der Waals surface area contributed by atoms with Gasteiger partial charge in [-0.05, 0) is 26.3 Å². The molecule has 120 valence electrons. The van der Waals surface area contributed by atoms with Crippen molar-refractivity contribution in [3.63, 3.8) is 0 Å². The van der Waals surface area contributed by atoms with Gasteiger partial charge in [-0.15, -0.1) is 24.0 Å². The van der Waals surface area contributed by atoms with Crippen LogP contribution in [0.1, 0.15) is 26.3 Å². The first-order chi connectivity index (χ1) is 9.42. The third-order valence-corrected chi connectivity index (χ3v) is 2.90. The molecule has 0 saturated heterocycles. The van der Waals surface area contributed by atoms with Gasteiger partial charge in [-0.25, -0.2) is 0 Å². The molecule has 21 heavy (non-hydrogen) atoms. The van der Waals surface area contributed by atoms with E-state index in [2.05, 4.69) is 72.6 Å². The molecule has 0 aromatic heterocycles. The van der Waals surface area contributed by atoms with Crippen LogP contribution in [-0.2, 0) is 6.54 Å². The lowest BCUT2D eigenvalue weighted by atomic mass is 10.1. The van der Waals surface area contributed by atoms with E-state index < -0.39 is 0 Å². The molecule has 1 aromatic rings. The Bertz CT molecular complexity index is 412. The van der Waals surface area contributed by atoms with Crippen LogP contribution in [0.4, 0.5) is 0 Å². The minimum absolute atomic E-state index is 0. The fourth-order valence-corrected chi connectivity index (χ4v) is 1.93. The second kappa shape index (κ2) is 10.00. The predicted molar refractivity (Wildman–Crippen MR) is 102 cm³/mol. The minimum Gasteiger partial charge on any atom is -0.355 e.